The maximum absolute atomic E-state index is 6.20. The van der Waals surface area contributed by atoms with Crippen LogP contribution in [0.25, 0.3) is 0 Å². The smallest absolute Gasteiger partial charge is 0.0217 e. The summed E-state index contributed by atoms with van der Waals surface area (Å²) in [5.41, 5.74) is 6.44. The molecule has 1 fully saturated rings. The van der Waals surface area contributed by atoms with Gasteiger partial charge in [-0.25, -0.2) is 0 Å². The van der Waals surface area contributed by atoms with Gasteiger partial charge in [0.25, 0.3) is 0 Å². The summed E-state index contributed by atoms with van der Waals surface area (Å²) in [6.07, 6.45) is 4.08. The molecule has 1 rings (SSSR count). The highest BCUT2D eigenvalue weighted by Gasteiger charge is 2.26. The molecular weight excluding hydrogens is 172 g/mol. The SMILES string of the molecule is CC1CCCCN1CC(N)C(C)(C)C. The average Bonchev–Trinajstić information content (AvgIpc) is 2.07. The van der Waals surface area contributed by atoms with Crippen molar-refractivity contribution in [1.82, 2.24) is 4.90 Å². The molecule has 2 N–H and O–H groups in total. The Morgan fingerprint density at radius 3 is 2.50 bits per heavy atom. The van der Waals surface area contributed by atoms with Crippen LogP contribution in [-0.4, -0.2) is 30.1 Å². The third kappa shape index (κ3) is 3.25. The van der Waals surface area contributed by atoms with E-state index in [1.165, 1.54) is 25.8 Å². The van der Waals surface area contributed by atoms with Crippen molar-refractivity contribution in [2.45, 2.75) is 59.0 Å². The Labute approximate surface area is 88.8 Å². The van der Waals surface area contributed by atoms with Crippen molar-refractivity contribution in [1.29, 1.82) is 0 Å². The lowest BCUT2D eigenvalue weighted by atomic mass is 9.86. The van der Waals surface area contributed by atoms with E-state index in [1.807, 2.05) is 0 Å². The maximum Gasteiger partial charge on any atom is 0.0217 e. The van der Waals surface area contributed by atoms with Gasteiger partial charge in [-0.1, -0.05) is 27.2 Å². The molecular formula is C12H26N2. The highest BCUT2D eigenvalue weighted by atomic mass is 15.2. The van der Waals surface area contributed by atoms with Gasteiger partial charge in [-0.3, -0.25) is 4.90 Å². The second-order valence-corrected chi connectivity index (χ2v) is 5.81. The largest absolute Gasteiger partial charge is 0.326 e. The lowest BCUT2D eigenvalue weighted by Gasteiger charge is -2.38. The molecule has 14 heavy (non-hydrogen) atoms. The zero-order chi connectivity index (χ0) is 10.8. The van der Waals surface area contributed by atoms with Gasteiger partial charge in [0, 0.05) is 18.6 Å². The zero-order valence-electron chi connectivity index (χ0n) is 10.2. The predicted molar refractivity (Wildman–Crippen MR) is 62.3 cm³/mol. The Hall–Kier alpha value is -0.0800. The van der Waals surface area contributed by atoms with Crippen molar-refractivity contribution < 1.29 is 0 Å². The summed E-state index contributed by atoms with van der Waals surface area (Å²) in [5, 5.41) is 0. The van der Waals surface area contributed by atoms with Crippen LogP contribution in [0.4, 0.5) is 0 Å². The minimum Gasteiger partial charge on any atom is -0.326 e. The monoisotopic (exact) mass is 198 g/mol. The fourth-order valence-corrected chi connectivity index (χ4v) is 1.96. The van der Waals surface area contributed by atoms with Gasteiger partial charge in [0.05, 0.1) is 0 Å². The molecule has 0 aromatic rings. The van der Waals surface area contributed by atoms with Gasteiger partial charge in [0.1, 0.15) is 0 Å². The maximum atomic E-state index is 6.20. The number of hydrogen-bond acceptors (Lipinski definition) is 2. The predicted octanol–water partition coefficient (Wildman–Crippen LogP) is 2.23. The Morgan fingerprint density at radius 2 is 2.00 bits per heavy atom. The Morgan fingerprint density at radius 1 is 1.36 bits per heavy atom. The molecule has 1 aliphatic heterocycles. The Bertz CT molecular complexity index is 172. The van der Waals surface area contributed by atoms with Gasteiger partial charge in [-0.15, -0.1) is 0 Å². The number of rotatable bonds is 2. The van der Waals surface area contributed by atoms with Crippen molar-refractivity contribution in [2.24, 2.45) is 11.1 Å². The summed E-state index contributed by atoms with van der Waals surface area (Å²) in [7, 11) is 0. The standard InChI is InChI=1S/C12H26N2/c1-10-7-5-6-8-14(10)9-11(13)12(2,3)4/h10-11H,5-9,13H2,1-4H3. The van der Waals surface area contributed by atoms with E-state index in [1.54, 1.807) is 0 Å². The highest BCUT2D eigenvalue weighted by molar-refractivity contribution is 4.83. The van der Waals surface area contributed by atoms with Gasteiger partial charge in [-0.05, 0) is 31.7 Å². The molecule has 2 atom stereocenters. The van der Waals surface area contributed by atoms with E-state index in [9.17, 15) is 0 Å². The number of piperidine rings is 1. The van der Waals surface area contributed by atoms with Crippen molar-refractivity contribution in [3.05, 3.63) is 0 Å². The van der Waals surface area contributed by atoms with Crippen LogP contribution in [0.5, 0.6) is 0 Å². The van der Waals surface area contributed by atoms with Gasteiger partial charge in [-0.2, -0.15) is 0 Å². The number of nitrogens with two attached hydrogens (primary N) is 1. The first-order valence-corrected chi connectivity index (χ1v) is 5.91. The van der Waals surface area contributed by atoms with Gasteiger partial charge < -0.3 is 5.73 Å². The van der Waals surface area contributed by atoms with Crippen LogP contribution in [0.15, 0.2) is 0 Å². The van der Waals surface area contributed by atoms with E-state index < -0.39 is 0 Å². The summed E-state index contributed by atoms with van der Waals surface area (Å²) in [6.45, 7) is 11.3. The van der Waals surface area contributed by atoms with Gasteiger partial charge in [0.2, 0.25) is 0 Å². The molecule has 0 aromatic heterocycles. The number of likely N-dealkylation sites (tertiary alicyclic amines) is 1. The highest BCUT2D eigenvalue weighted by Crippen LogP contribution is 2.22. The van der Waals surface area contributed by atoms with Crippen molar-refractivity contribution in [3.63, 3.8) is 0 Å². The molecule has 2 unspecified atom stereocenters. The van der Waals surface area contributed by atoms with E-state index in [4.69, 9.17) is 5.73 Å². The quantitative estimate of drug-likeness (QED) is 0.737. The molecule has 1 saturated heterocycles. The fourth-order valence-electron chi connectivity index (χ4n) is 1.96. The van der Waals surface area contributed by atoms with E-state index in [0.29, 0.717) is 6.04 Å². The summed E-state index contributed by atoms with van der Waals surface area (Å²) in [4.78, 5) is 2.55. The van der Waals surface area contributed by atoms with E-state index in [2.05, 4.69) is 32.6 Å². The van der Waals surface area contributed by atoms with E-state index in [0.717, 1.165) is 12.6 Å². The van der Waals surface area contributed by atoms with Crippen LogP contribution in [0.1, 0.15) is 47.0 Å². The average molecular weight is 198 g/mol. The fraction of sp³-hybridized carbons (Fsp3) is 1.00. The van der Waals surface area contributed by atoms with Crippen molar-refractivity contribution >= 4 is 0 Å². The first-order chi connectivity index (χ1) is 6.41. The minimum atomic E-state index is 0.233. The van der Waals surface area contributed by atoms with Gasteiger partial charge >= 0.3 is 0 Å². The van der Waals surface area contributed by atoms with Crippen LogP contribution in [0.3, 0.4) is 0 Å². The normalized spacial score (nSPS) is 27.6. The van der Waals surface area contributed by atoms with Crippen LogP contribution < -0.4 is 5.73 Å². The van der Waals surface area contributed by atoms with Crippen LogP contribution in [-0.2, 0) is 0 Å². The second kappa shape index (κ2) is 4.63. The molecule has 0 aromatic carbocycles. The molecule has 0 radical (unpaired) electrons. The lowest BCUT2D eigenvalue weighted by molar-refractivity contribution is 0.126. The second-order valence-electron chi connectivity index (χ2n) is 5.81. The van der Waals surface area contributed by atoms with Crippen LogP contribution in [0.2, 0.25) is 0 Å². The zero-order valence-corrected chi connectivity index (χ0v) is 10.2. The molecule has 0 spiro atoms. The van der Waals surface area contributed by atoms with Crippen molar-refractivity contribution in [3.8, 4) is 0 Å². The number of hydrogen-bond donors (Lipinski definition) is 1. The lowest BCUT2D eigenvalue weighted by Crippen LogP contribution is -2.49. The van der Waals surface area contributed by atoms with E-state index >= 15 is 0 Å². The van der Waals surface area contributed by atoms with E-state index in [-0.39, 0.29) is 5.41 Å². The summed E-state index contributed by atoms with van der Waals surface area (Å²) in [5.74, 6) is 0. The summed E-state index contributed by atoms with van der Waals surface area (Å²) in [6, 6.07) is 1.03. The van der Waals surface area contributed by atoms with Crippen LogP contribution >= 0.6 is 0 Å². The summed E-state index contributed by atoms with van der Waals surface area (Å²) < 4.78 is 0. The Kier molecular flexibility index (Phi) is 3.96. The topological polar surface area (TPSA) is 29.3 Å². The molecule has 2 heteroatoms. The molecule has 84 valence electrons. The number of nitrogens with zero attached hydrogens (tertiary/aromatic N) is 1. The van der Waals surface area contributed by atoms with Gasteiger partial charge in [0.15, 0.2) is 0 Å². The summed E-state index contributed by atoms with van der Waals surface area (Å²) >= 11 is 0. The van der Waals surface area contributed by atoms with Crippen LogP contribution in [0, 0.1) is 5.41 Å². The molecule has 0 amide bonds. The third-order valence-corrected chi connectivity index (χ3v) is 3.48. The van der Waals surface area contributed by atoms with Crippen molar-refractivity contribution in [2.75, 3.05) is 13.1 Å². The molecule has 1 heterocycles. The first-order valence-electron chi connectivity index (χ1n) is 5.91. The minimum absolute atomic E-state index is 0.233. The molecule has 1 aliphatic rings. The third-order valence-electron chi connectivity index (χ3n) is 3.48. The molecule has 0 aliphatic carbocycles. The molecule has 2 nitrogen and oxygen atoms in total. The Balaban J connectivity index is 2.42. The first kappa shape index (κ1) is 12.0. The molecule has 0 saturated carbocycles. The molecule has 0 bridgehead atoms.